The third kappa shape index (κ3) is 5.26. The number of amides is 1. The maximum atomic E-state index is 12.6. The van der Waals surface area contributed by atoms with Crippen LogP contribution in [-0.2, 0) is 0 Å². The van der Waals surface area contributed by atoms with Crippen LogP contribution in [0.15, 0.2) is 40.9 Å². The van der Waals surface area contributed by atoms with Gasteiger partial charge in [0.15, 0.2) is 12.5 Å². The normalized spacial score (nSPS) is 11.4. The summed E-state index contributed by atoms with van der Waals surface area (Å²) in [6.45, 7) is 1.73. The van der Waals surface area contributed by atoms with Crippen LogP contribution in [0.4, 0.5) is 18.9 Å². The van der Waals surface area contributed by atoms with Gasteiger partial charge in [-0.1, -0.05) is 23.7 Å². The molecule has 1 aromatic carbocycles. The highest BCUT2D eigenvalue weighted by Crippen LogP contribution is 2.32. The van der Waals surface area contributed by atoms with E-state index in [4.69, 9.17) is 20.8 Å². The minimum absolute atomic E-state index is 0.0351. The number of aromatic nitrogens is 2. The number of nitrogens with one attached hydrogen (secondary N) is 1. The highest BCUT2D eigenvalue weighted by molar-refractivity contribution is 6.30. The first-order valence-corrected chi connectivity index (χ1v) is 8.71. The van der Waals surface area contributed by atoms with E-state index in [0.717, 1.165) is 0 Å². The third-order valence-corrected chi connectivity index (χ3v) is 4.00. The maximum Gasteiger partial charge on any atom is 0.422 e. The molecular weight excluding hydrogens is 411 g/mol. The summed E-state index contributed by atoms with van der Waals surface area (Å²) in [6, 6.07) is 7.83. The summed E-state index contributed by atoms with van der Waals surface area (Å²) in [7, 11) is 0. The van der Waals surface area contributed by atoms with E-state index in [1.807, 2.05) is 0 Å². The first-order valence-electron chi connectivity index (χ1n) is 8.33. The van der Waals surface area contributed by atoms with Gasteiger partial charge in [0.25, 0.3) is 5.91 Å². The monoisotopic (exact) mass is 425 g/mol. The molecule has 1 amide bonds. The van der Waals surface area contributed by atoms with Gasteiger partial charge in [0.2, 0.25) is 11.6 Å². The van der Waals surface area contributed by atoms with Crippen molar-refractivity contribution >= 4 is 23.2 Å². The Labute approximate surface area is 168 Å². The third-order valence-electron chi connectivity index (χ3n) is 3.75. The van der Waals surface area contributed by atoms with E-state index in [9.17, 15) is 18.0 Å². The van der Waals surface area contributed by atoms with Crippen LogP contribution < -0.4 is 10.1 Å². The zero-order valence-electron chi connectivity index (χ0n) is 15.3. The van der Waals surface area contributed by atoms with Gasteiger partial charge < -0.3 is 14.5 Å². The number of anilines is 1. The second-order valence-electron chi connectivity index (χ2n) is 6.09. The van der Waals surface area contributed by atoms with Crippen LogP contribution in [0.25, 0.3) is 11.1 Å². The van der Waals surface area contributed by atoms with E-state index in [2.05, 4.69) is 15.3 Å². The molecule has 29 heavy (non-hydrogen) atoms. The summed E-state index contributed by atoms with van der Waals surface area (Å²) in [6.07, 6.45) is -3.32. The highest BCUT2D eigenvalue weighted by Gasteiger charge is 2.29. The molecule has 0 unspecified atom stereocenters. The van der Waals surface area contributed by atoms with E-state index in [1.165, 1.54) is 12.3 Å². The standard InChI is InChI=1S/C19H15ClF3N3O3/c1-10-16(29-11(2)25-10)17(27)26-14-7-15(12-3-5-13(20)6-4-12)18(24-8-14)28-9-19(21,22)23/h3-8H,9H2,1-2H3,(H,26,27). The van der Waals surface area contributed by atoms with Crippen molar-refractivity contribution in [2.45, 2.75) is 20.0 Å². The van der Waals surface area contributed by atoms with Gasteiger partial charge in [-0.2, -0.15) is 13.2 Å². The molecule has 0 spiro atoms. The number of oxazole rings is 1. The quantitative estimate of drug-likeness (QED) is 0.608. The molecule has 0 bridgehead atoms. The van der Waals surface area contributed by atoms with E-state index in [1.54, 1.807) is 38.1 Å². The van der Waals surface area contributed by atoms with Crippen LogP contribution in [0, 0.1) is 13.8 Å². The molecule has 3 aromatic rings. The summed E-state index contributed by atoms with van der Waals surface area (Å²) in [4.78, 5) is 20.4. The van der Waals surface area contributed by atoms with Gasteiger partial charge in [0.1, 0.15) is 0 Å². The summed E-state index contributed by atoms with van der Waals surface area (Å²) in [5, 5.41) is 3.05. The predicted octanol–water partition coefficient (Wildman–Crippen LogP) is 5.20. The zero-order valence-corrected chi connectivity index (χ0v) is 16.1. The lowest BCUT2D eigenvalue weighted by Crippen LogP contribution is -2.20. The van der Waals surface area contributed by atoms with Crippen LogP contribution in [0.3, 0.4) is 0 Å². The second-order valence-corrected chi connectivity index (χ2v) is 6.53. The lowest BCUT2D eigenvalue weighted by molar-refractivity contribution is -0.154. The summed E-state index contributed by atoms with van der Waals surface area (Å²) < 4.78 is 47.8. The van der Waals surface area contributed by atoms with Crippen LogP contribution in [-0.4, -0.2) is 28.7 Å². The van der Waals surface area contributed by atoms with Gasteiger partial charge in [0.05, 0.1) is 17.6 Å². The number of nitrogens with zero attached hydrogens (tertiary/aromatic N) is 2. The van der Waals surface area contributed by atoms with Crippen molar-refractivity contribution in [3.63, 3.8) is 0 Å². The Morgan fingerprint density at radius 3 is 2.52 bits per heavy atom. The number of pyridine rings is 1. The minimum Gasteiger partial charge on any atom is -0.468 e. The summed E-state index contributed by atoms with van der Waals surface area (Å²) in [5.74, 6) is -0.415. The molecule has 0 saturated carbocycles. The van der Waals surface area contributed by atoms with Crippen LogP contribution in [0.1, 0.15) is 22.1 Å². The largest absolute Gasteiger partial charge is 0.468 e. The lowest BCUT2D eigenvalue weighted by Gasteiger charge is -2.14. The predicted molar refractivity (Wildman–Crippen MR) is 100 cm³/mol. The Hall–Kier alpha value is -3.07. The number of carbonyl (C=O) groups is 1. The molecule has 2 aromatic heterocycles. The van der Waals surface area contributed by atoms with Crippen molar-refractivity contribution in [3.8, 4) is 17.0 Å². The topological polar surface area (TPSA) is 77.2 Å². The molecule has 0 saturated heterocycles. The van der Waals surface area contributed by atoms with Crippen molar-refractivity contribution < 1.29 is 27.1 Å². The maximum absolute atomic E-state index is 12.6. The molecule has 2 heterocycles. The Balaban J connectivity index is 1.93. The number of ether oxygens (including phenoxy) is 1. The average molecular weight is 426 g/mol. The molecule has 0 fully saturated rings. The highest BCUT2D eigenvalue weighted by atomic mass is 35.5. The smallest absolute Gasteiger partial charge is 0.422 e. The average Bonchev–Trinajstić information content (AvgIpc) is 2.99. The van der Waals surface area contributed by atoms with Crippen LogP contribution >= 0.6 is 11.6 Å². The second kappa shape index (κ2) is 8.12. The van der Waals surface area contributed by atoms with Gasteiger partial charge in [-0.05, 0) is 30.7 Å². The van der Waals surface area contributed by atoms with Crippen molar-refractivity contribution in [2.24, 2.45) is 0 Å². The Bertz CT molecular complexity index is 1030. The number of halogens is 4. The first kappa shape index (κ1) is 20.7. The molecule has 0 radical (unpaired) electrons. The number of aryl methyl sites for hydroxylation is 2. The number of hydrogen-bond donors (Lipinski definition) is 1. The van der Waals surface area contributed by atoms with Crippen molar-refractivity contribution in [1.29, 1.82) is 0 Å². The molecule has 0 atom stereocenters. The van der Waals surface area contributed by atoms with E-state index >= 15 is 0 Å². The number of benzene rings is 1. The van der Waals surface area contributed by atoms with E-state index in [0.29, 0.717) is 22.2 Å². The zero-order chi connectivity index (χ0) is 21.2. The Morgan fingerprint density at radius 1 is 1.24 bits per heavy atom. The molecule has 1 N–H and O–H groups in total. The first-order chi connectivity index (χ1) is 13.6. The van der Waals surface area contributed by atoms with Gasteiger partial charge in [-0.3, -0.25) is 4.79 Å². The number of rotatable bonds is 5. The van der Waals surface area contributed by atoms with E-state index < -0.39 is 18.7 Å². The van der Waals surface area contributed by atoms with Crippen molar-refractivity contribution in [2.75, 3.05) is 11.9 Å². The number of hydrogen-bond acceptors (Lipinski definition) is 5. The van der Waals surface area contributed by atoms with Gasteiger partial charge in [-0.25, -0.2) is 9.97 Å². The Kier molecular flexibility index (Phi) is 5.78. The van der Waals surface area contributed by atoms with Gasteiger partial charge in [0, 0.05) is 17.5 Å². The van der Waals surface area contributed by atoms with Crippen molar-refractivity contribution in [3.05, 3.63) is 58.9 Å². The number of alkyl halides is 3. The fraction of sp³-hybridized carbons (Fsp3) is 0.211. The Morgan fingerprint density at radius 2 is 1.93 bits per heavy atom. The molecule has 0 aliphatic carbocycles. The summed E-state index contributed by atoms with van der Waals surface area (Å²) >= 11 is 5.88. The van der Waals surface area contributed by atoms with E-state index in [-0.39, 0.29) is 22.9 Å². The SMILES string of the molecule is Cc1nc(C)c(C(=O)Nc2cnc(OCC(F)(F)F)c(-c3ccc(Cl)cc3)c2)o1. The number of carbonyl (C=O) groups excluding carboxylic acids is 1. The van der Waals surface area contributed by atoms with Crippen LogP contribution in [0.5, 0.6) is 5.88 Å². The van der Waals surface area contributed by atoms with Gasteiger partial charge in [-0.15, -0.1) is 0 Å². The lowest BCUT2D eigenvalue weighted by atomic mass is 10.1. The van der Waals surface area contributed by atoms with Crippen molar-refractivity contribution in [1.82, 2.24) is 9.97 Å². The molecule has 6 nitrogen and oxygen atoms in total. The van der Waals surface area contributed by atoms with Gasteiger partial charge >= 0.3 is 6.18 Å². The fourth-order valence-electron chi connectivity index (χ4n) is 2.55. The molecule has 0 aliphatic heterocycles. The van der Waals surface area contributed by atoms with Crippen LogP contribution in [0.2, 0.25) is 5.02 Å². The molecular formula is C19H15ClF3N3O3. The minimum atomic E-state index is -4.52. The summed E-state index contributed by atoms with van der Waals surface area (Å²) in [5.41, 5.74) is 1.43. The molecule has 0 aliphatic rings. The molecule has 3 rings (SSSR count). The molecule has 10 heteroatoms. The fourth-order valence-corrected chi connectivity index (χ4v) is 2.68. The molecule has 152 valence electrons.